The number of methoxy groups -OCH3 is 1. The van der Waals surface area contributed by atoms with Crippen LogP contribution in [0.15, 0.2) is 72.9 Å². The molecule has 0 unspecified atom stereocenters. The van der Waals surface area contributed by atoms with Gasteiger partial charge in [0.05, 0.1) is 30.6 Å². The van der Waals surface area contributed by atoms with Gasteiger partial charge in [-0.05, 0) is 92.3 Å². The number of pyridine rings is 1. The minimum atomic E-state index is -0.205. The normalized spacial score (nSPS) is 16.9. The summed E-state index contributed by atoms with van der Waals surface area (Å²) in [5.74, 6) is 0.387. The van der Waals surface area contributed by atoms with Crippen molar-refractivity contribution in [1.82, 2.24) is 14.9 Å². The summed E-state index contributed by atoms with van der Waals surface area (Å²) in [7, 11) is 1.58. The topological polar surface area (TPSA) is 71.4 Å². The van der Waals surface area contributed by atoms with E-state index in [0.29, 0.717) is 21.6 Å². The van der Waals surface area contributed by atoms with Gasteiger partial charge < -0.3 is 24.8 Å². The van der Waals surface area contributed by atoms with Crippen molar-refractivity contribution < 1.29 is 9.53 Å². The number of nitrogens with zero attached hydrogens (tertiary/aromatic N) is 3. The van der Waals surface area contributed by atoms with E-state index in [2.05, 4.69) is 45.0 Å². The van der Waals surface area contributed by atoms with Gasteiger partial charge in [-0.25, -0.2) is 0 Å². The second kappa shape index (κ2) is 10.5. The lowest BCUT2D eigenvalue weighted by Crippen LogP contribution is -2.29. The Kier molecular flexibility index (Phi) is 7.10. The van der Waals surface area contributed by atoms with Gasteiger partial charge in [0.1, 0.15) is 5.75 Å². The number of hydrogen-bond acceptors (Lipinski definition) is 4. The first kappa shape index (κ1) is 25.8. The molecule has 0 saturated carbocycles. The zero-order valence-corrected chi connectivity index (χ0v) is 23.1. The number of thiocarbonyl (C=S) groups is 1. The molecule has 0 bridgehead atoms. The molecule has 1 amide bonds. The maximum Gasteiger partial charge on any atom is 0.221 e. The Balaban J connectivity index is 1.67. The number of aromatic nitrogens is 2. The fourth-order valence-corrected chi connectivity index (χ4v) is 5.63. The number of benzene rings is 2. The lowest BCUT2D eigenvalue weighted by molar-refractivity contribution is -0.114. The molecule has 194 valence electrons. The van der Waals surface area contributed by atoms with Crippen LogP contribution in [0.2, 0.25) is 5.02 Å². The van der Waals surface area contributed by atoms with Crippen molar-refractivity contribution in [3.8, 4) is 11.4 Å². The summed E-state index contributed by atoms with van der Waals surface area (Å²) in [6.45, 7) is 5.68. The van der Waals surface area contributed by atoms with E-state index in [9.17, 15) is 4.79 Å². The van der Waals surface area contributed by atoms with E-state index in [4.69, 9.17) is 28.6 Å². The molecule has 9 heteroatoms. The number of carbonyl (C=O) groups is 1. The van der Waals surface area contributed by atoms with Gasteiger partial charge in [-0.15, -0.1) is 0 Å². The van der Waals surface area contributed by atoms with Crippen molar-refractivity contribution in [2.75, 3.05) is 17.3 Å². The van der Waals surface area contributed by atoms with Gasteiger partial charge in [0.15, 0.2) is 5.11 Å². The van der Waals surface area contributed by atoms with E-state index in [1.54, 1.807) is 13.3 Å². The zero-order chi connectivity index (χ0) is 27.0. The number of amides is 1. The number of aryl methyl sites for hydroxylation is 1. The summed E-state index contributed by atoms with van der Waals surface area (Å²) in [5, 5.41) is 7.64. The van der Waals surface area contributed by atoms with Gasteiger partial charge >= 0.3 is 0 Å². The van der Waals surface area contributed by atoms with Crippen LogP contribution in [-0.2, 0) is 4.79 Å². The van der Waals surface area contributed by atoms with Gasteiger partial charge in [-0.2, -0.15) is 0 Å². The number of anilines is 2. The van der Waals surface area contributed by atoms with Gasteiger partial charge in [-0.3, -0.25) is 9.78 Å². The van der Waals surface area contributed by atoms with Crippen LogP contribution in [0.5, 0.6) is 5.75 Å². The Morgan fingerprint density at radius 3 is 2.47 bits per heavy atom. The molecular formula is C29H28ClN5O2S. The Labute approximate surface area is 232 Å². The molecular weight excluding hydrogens is 518 g/mol. The van der Waals surface area contributed by atoms with Crippen LogP contribution in [0.3, 0.4) is 0 Å². The van der Waals surface area contributed by atoms with Gasteiger partial charge in [0.25, 0.3) is 0 Å². The number of rotatable bonds is 6. The largest absolute Gasteiger partial charge is 0.495 e. The molecule has 1 saturated heterocycles. The summed E-state index contributed by atoms with van der Waals surface area (Å²) in [5.41, 5.74) is 6.60. The van der Waals surface area contributed by atoms with Crippen LogP contribution in [0.1, 0.15) is 41.7 Å². The van der Waals surface area contributed by atoms with Crippen LogP contribution < -0.4 is 20.3 Å². The maximum atomic E-state index is 11.9. The number of hydrogen-bond donors (Lipinski definition) is 2. The third kappa shape index (κ3) is 4.73. The number of nitrogens with one attached hydrogen (secondary N) is 2. The molecule has 3 heterocycles. The molecule has 1 aliphatic heterocycles. The fourth-order valence-electron chi connectivity index (χ4n) is 5.16. The molecule has 0 spiro atoms. The quantitative estimate of drug-likeness (QED) is 0.278. The van der Waals surface area contributed by atoms with Gasteiger partial charge in [0.2, 0.25) is 5.91 Å². The Morgan fingerprint density at radius 2 is 1.82 bits per heavy atom. The van der Waals surface area contributed by atoms with E-state index < -0.39 is 0 Å². The molecule has 1 aliphatic rings. The summed E-state index contributed by atoms with van der Waals surface area (Å²) >= 11 is 12.1. The summed E-state index contributed by atoms with van der Waals surface area (Å²) in [4.78, 5) is 18.7. The molecule has 0 radical (unpaired) electrons. The highest BCUT2D eigenvalue weighted by molar-refractivity contribution is 7.80. The number of carbonyl (C=O) groups excluding carboxylic acids is 1. The standard InChI is InChI=1S/C29H28ClN5O2S/c1-17-15-23(18(2)34(17)21-10-8-20(30)9-11-21)28-27(24-7-5-6-14-31-24)33-29(38)35(28)22-12-13-26(37-4)25(16-22)32-19(3)36/h5-16,27-28H,1-4H3,(H,32,36)(H,33,38)/t27-,28-/m0/s1. The fraction of sp³-hybridized carbons (Fsp3) is 0.207. The zero-order valence-electron chi connectivity index (χ0n) is 21.5. The van der Waals surface area contributed by atoms with Gasteiger partial charge in [0, 0.05) is 40.9 Å². The average Bonchev–Trinajstić information content (AvgIpc) is 3.39. The molecule has 2 aromatic carbocycles. The second-order valence-electron chi connectivity index (χ2n) is 9.20. The predicted octanol–water partition coefficient (Wildman–Crippen LogP) is 6.29. The molecule has 2 aromatic heterocycles. The van der Waals surface area contributed by atoms with E-state index in [1.165, 1.54) is 6.92 Å². The number of halogens is 1. The molecule has 4 aromatic rings. The Morgan fingerprint density at radius 1 is 1.08 bits per heavy atom. The number of ether oxygens (including phenoxy) is 1. The highest BCUT2D eigenvalue weighted by atomic mass is 35.5. The average molecular weight is 546 g/mol. The van der Waals surface area contributed by atoms with E-state index >= 15 is 0 Å². The Bertz CT molecular complexity index is 1500. The highest BCUT2D eigenvalue weighted by Gasteiger charge is 2.42. The van der Waals surface area contributed by atoms with Crippen LogP contribution >= 0.6 is 23.8 Å². The summed E-state index contributed by atoms with van der Waals surface area (Å²) in [6.07, 6.45) is 1.79. The van der Waals surface area contributed by atoms with Gasteiger partial charge in [-0.1, -0.05) is 17.7 Å². The van der Waals surface area contributed by atoms with Crippen molar-refractivity contribution >= 4 is 46.2 Å². The lowest BCUT2D eigenvalue weighted by Gasteiger charge is -2.29. The molecule has 5 rings (SSSR count). The van der Waals surface area contributed by atoms with Crippen LogP contribution in [-0.4, -0.2) is 27.7 Å². The molecule has 7 nitrogen and oxygen atoms in total. The lowest BCUT2D eigenvalue weighted by atomic mass is 9.96. The van der Waals surface area contributed by atoms with Crippen LogP contribution in [0.4, 0.5) is 11.4 Å². The van der Waals surface area contributed by atoms with Crippen molar-refractivity contribution in [1.29, 1.82) is 0 Å². The monoisotopic (exact) mass is 545 g/mol. The highest BCUT2D eigenvalue weighted by Crippen LogP contribution is 2.45. The first-order valence-electron chi connectivity index (χ1n) is 12.2. The third-order valence-corrected chi connectivity index (χ3v) is 7.31. The van der Waals surface area contributed by atoms with Crippen molar-refractivity contribution in [3.05, 3.63) is 101 Å². The Hall–Kier alpha value is -3.88. The molecule has 1 fully saturated rings. The maximum absolute atomic E-state index is 11.9. The summed E-state index contributed by atoms with van der Waals surface area (Å²) < 4.78 is 7.70. The smallest absolute Gasteiger partial charge is 0.221 e. The predicted molar refractivity (Wildman–Crippen MR) is 155 cm³/mol. The summed E-state index contributed by atoms with van der Waals surface area (Å²) in [6, 6.07) is 21.2. The molecule has 38 heavy (non-hydrogen) atoms. The first-order chi connectivity index (χ1) is 18.3. The molecule has 2 N–H and O–H groups in total. The minimum absolute atomic E-state index is 0.183. The molecule has 2 atom stereocenters. The SMILES string of the molecule is COc1ccc(N2C(=S)N[C@@H](c3ccccn3)[C@@H]2c2cc(C)n(-c3ccc(Cl)cc3)c2C)cc1NC(C)=O. The van der Waals surface area contributed by atoms with Crippen molar-refractivity contribution in [2.45, 2.75) is 32.9 Å². The van der Waals surface area contributed by atoms with Crippen molar-refractivity contribution in [3.63, 3.8) is 0 Å². The minimum Gasteiger partial charge on any atom is -0.495 e. The molecule has 0 aliphatic carbocycles. The van der Waals surface area contributed by atoms with E-state index in [0.717, 1.165) is 34.0 Å². The van der Waals surface area contributed by atoms with E-state index in [-0.39, 0.29) is 18.0 Å². The third-order valence-electron chi connectivity index (χ3n) is 6.74. The van der Waals surface area contributed by atoms with Crippen LogP contribution in [0.25, 0.3) is 5.69 Å². The first-order valence-corrected chi connectivity index (χ1v) is 13.0. The second-order valence-corrected chi connectivity index (χ2v) is 10.0. The van der Waals surface area contributed by atoms with Crippen LogP contribution in [0, 0.1) is 13.8 Å². The van der Waals surface area contributed by atoms with Crippen molar-refractivity contribution in [2.24, 2.45) is 0 Å². The van der Waals surface area contributed by atoms with E-state index in [1.807, 2.05) is 60.7 Å².